The zero-order valence-electron chi connectivity index (χ0n) is 8.39. The summed E-state index contributed by atoms with van der Waals surface area (Å²) in [5.41, 5.74) is 1.68. The third-order valence-electron chi connectivity index (χ3n) is 2.28. The number of imidazole rings is 1. The van der Waals surface area contributed by atoms with E-state index >= 15 is 0 Å². The van der Waals surface area contributed by atoms with Crippen LogP contribution in [0.4, 0.5) is 4.79 Å². The number of aromatic nitrogens is 2. The largest absolute Gasteiger partial charge is 0.511 e. The molecule has 0 aliphatic carbocycles. The third kappa shape index (κ3) is 1.63. The molecule has 1 aromatic carbocycles. The number of nitrogens with zero attached hydrogens (tertiary/aromatic N) is 2. The van der Waals surface area contributed by atoms with Crippen molar-refractivity contribution in [3.05, 3.63) is 24.0 Å². The van der Waals surface area contributed by atoms with E-state index in [-0.39, 0.29) is 5.75 Å². The fourth-order valence-corrected chi connectivity index (χ4v) is 1.46. The van der Waals surface area contributed by atoms with Crippen molar-refractivity contribution >= 4 is 17.2 Å². The van der Waals surface area contributed by atoms with Crippen LogP contribution < -0.4 is 4.74 Å². The van der Waals surface area contributed by atoms with Crippen LogP contribution in [0.15, 0.2) is 18.2 Å². The SMILES string of the molecule is Cc1nc2cc(OC(=O)O)ccc2n1C. The van der Waals surface area contributed by atoms with Crippen LogP contribution in [-0.2, 0) is 7.05 Å². The fraction of sp³-hybridized carbons (Fsp3) is 0.200. The summed E-state index contributed by atoms with van der Waals surface area (Å²) < 4.78 is 6.47. The standard InChI is InChI=1S/C10H10N2O3/c1-6-11-8-5-7(15-10(13)14)3-4-9(8)12(6)2/h3-5H,1-2H3,(H,13,14). The quantitative estimate of drug-likeness (QED) is 0.572. The van der Waals surface area contributed by atoms with Gasteiger partial charge >= 0.3 is 6.16 Å². The molecule has 0 fully saturated rings. The lowest BCUT2D eigenvalue weighted by molar-refractivity contribution is 0.144. The van der Waals surface area contributed by atoms with Crippen LogP contribution in [0.25, 0.3) is 11.0 Å². The monoisotopic (exact) mass is 206 g/mol. The van der Waals surface area contributed by atoms with Gasteiger partial charge in [0.15, 0.2) is 0 Å². The molecule has 0 saturated heterocycles. The summed E-state index contributed by atoms with van der Waals surface area (Å²) >= 11 is 0. The molecule has 1 aromatic heterocycles. The fourth-order valence-electron chi connectivity index (χ4n) is 1.46. The molecule has 0 spiro atoms. The number of carbonyl (C=O) groups is 1. The van der Waals surface area contributed by atoms with Gasteiger partial charge in [0.05, 0.1) is 11.0 Å². The number of aryl methyl sites for hydroxylation is 2. The maximum absolute atomic E-state index is 10.3. The van der Waals surface area contributed by atoms with Crippen LogP contribution in [-0.4, -0.2) is 20.8 Å². The van der Waals surface area contributed by atoms with E-state index in [1.165, 1.54) is 0 Å². The molecule has 2 aromatic rings. The lowest BCUT2D eigenvalue weighted by atomic mass is 10.3. The number of fused-ring (bicyclic) bond motifs is 1. The molecule has 0 radical (unpaired) electrons. The van der Waals surface area contributed by atoms with Gasteiger partial charge in [0.1, 0.15) is 11.6 Å². The number of benzene rings is 1. The van der Waals surface area contributed by atoms with Crippen LogP contribution in [0.5, 0.6) is 5.75 Å². The van der Waals surface area contributed by atoms with Crippen molar-refractivity contribution in [3.63, 3.8) is 0 Å². The molecule has 0 amide bonds. The second-order valence-electron chi connectivity index (χ2n) is 3.24. The second kappa shape index (κ2) is 3.27. The van der Waals surface area contributed by atoms with Gasteiger partial charge in [-0.25, -0.2) is 9.78 Å². The Morgan fingerprint density at radius 1 is 1.53 bits per heavy atom. The number of carboxylic acid groups (broad SMARTS) is 1. The van der Waals surface area contributed by atoms with Gasteiger partial charge in [-0.05, 0) is 19.1 Å². The summed E-state index contributed by atoms with van der Waals surface area (Å²) in [6, 6.07) is 5.00. The first-order valence-corrected chi connectivity index (χ1v) is 4.42. The molecule has 0 aliphatic heterocycles. The van der Waals surface area contributed by atoms with E-state index in [1.54, 1.807) is 18.2 Å². The zero-order valence-corrected chi connectivity index (χ0v) is 8.39. The predicted octanol–water partition coefficient (Wildman–Crippen LogP) is 1.94. The molecule has 0 saturated carbocycles. The zero-order chi connectivity index (χ0) is 11.0. The summed E-state index contributed by atoms with van der Waals surface area (Å²) in [4.78, 5) is 14.6. The maximum Gasteiger partial charge on any atom is 0.511 e. The van der Waals surface area contributed by atoms with E-state index < -0.39 is 6.16 Å². The second-order valence-corrected chi connectivity index (χ2v) is 3.24. The highest BCUT2D eigenvalue weighted by Gasteiger charge is 2.07. The topological polar surface area (TPSA) is 64.3 Å². The molecule has 0 bridgehead atoms. The molecular formula is C10H10N2O3. The van der Waals surface area contributed by atoms with Gasteiger partial charge in [0.25, 0.3) is 0 Å². The summed E-state index contributed by atoms with van der Waals surface area (Å²) in [5, 5.41) is 8.45. The molecule has 2 rings (SSSR count). The number of rotatable bonds is 1. The lowest BCUT2D eigenvalue weighted by Crippen LogP contribution is -2.02. The first-order valence-electron chi connectivity index (χ1n) is 4.42. The van der Waals surface area contributed by atoms with E-state index in [1.807, 2.05) is 18.5 Å². The Morgan fingerprint density at radius 2 is 2.27 bits per heavy atom. The smallest absolute Gasteiger partial charge is 0.449 e. The number of hydrogen-bond acceptors (Lipinski definition) is 3. The Morgan fingerprint density at radius 3 is 2.93 bits per heavy atom. The van der Waals surface area contributed by atoms with Crippen LogP contribution in [0.2, 0.25) is 0 Å². The normalized spacial score (nSPS) is 10.5. The molecule has 1 heterocycles. The molecular weight excluding hydrogens is 196 g/mol. The van der Waals surface area contributed by atoms with Gasteiger partial charge in [0, 0.05) is 13.1 Å². The number of ether oxygens (including phenoxy) is 1. The van der Waals surface area contributed by atoms with Crippen molar-refractivity contribution in [1.29, 1.82) is 0 Å². The Labute approximate surface area is 85.9 Å². The molecule has 78 valence electrons. The van der Waals surface area contributed by atoms with Crippen molar-refractivity contribution in [1.82, 2.24) is 9.55 Å². The van der Waals surface area contributed by atoms with Gasteiger partial charge in [0.2, 0.25) is 0 Å². The van der Waals surface area contributed by atoms with Crippen LogP contribution in [0.1, 0.15) is 5.82 Å². The Balaban J connectivity index is 2.52. The van der Waals surface area contributed by atoms with Crippen LogP contribution in [0.3, 0.4) is 0 Å². The first-order chi connectivity index (χ1) is 7.08. The average molecular weight is 206 g/mol. The average Bonchev–Trinajstić information content (AvgIpc) is 2.41. The molecule has 15 heavy (non-hydrogen) atoms. The molecule has 5 nitrogen and oxygen atoms in total. The van der Waals surface area contributed by atoms with Crippen molar-refractivity contribution in [2.75, 3.05) is 0 Å². The van der Waals surface area contributed by atoms with E-state index in [9.17, 15) is 4.79 Å². The van der Waals surface area contributed by atoms with Crippen molar-refractivity contribution < 1.29 is 14.6 Å². The Bertz CT molecular complexity index is 531. The highest BCUT2D eigenvalue weighted by atomic mass is 16.7. The Hall–Kier alpha value is -2.04. The van der Waals surface area contributed by atoms with E-state index in [2.05, 4.69) is 9.72 Å². The van der Waals surface area contributed by atoms with Crippen LogP contribution in [0, 0.1) is 6.92 Å². The van der Waals surface area contributed by atoms with Crippen molar-refractivity contribution in [3.8, 4) is 5.75 Å². The molecule has 1 N–H and O–H groups in total. The van der Waals surface area contributed by atoms with Crippen molar-refractivity contribution in [2.45, 2.75) is 6.92 Å². The van der Waals surface area contributed by atoms with Gasteiger partial charge in [-0.1, -0.05) is 0 Å². The van der Waals surface area contributed by atoms with E-state index in [4.69, 9.17) is 5.11 Å². The number of hydrogen-bond donors (Lipinski definition) is 1. The predicted molar refractivity (Wildman–Crippen MR) is 54.1 cm³/mol. The van der Waals surface area contributed by atoms with Gasteiger partial charge in [-0.3, -0.25) is 0 Å². The molecule has 5 heteroatoms. The first kappa shape index (κ1) is 9.51. The minimum absolute atomic E-state index is 0.285. The van der Waals surface area contributed by atoms with Crippen LogP contribution >= 0.6 is 0 Å². The van der Waals surface area contributed by atoms with Gasteiger partial charge in [-0.15, -0.1) is 0 Å². The summed E-state index contributed by atoms with van der Waals surface area (Å²) in [5.74, 6) is 1.16. The highest BCUT2D eigenvalue weighted by Crippen LogP contribution is 2.20. The Kier molecular flexibility index (Phi) is 2.07. The van der Waals surface area contributed by atoms with E-state index in [0.29, 0.717) is 0 Å². The van der Waals surface area contributed by atoms with Gasteiger partial charge < -0.3 is 14.4 Å². The summed E-state index contributed by atoms with van der Waals surface area (Å²) in [7, 11) is 1.91. The summed E-state index contributed by atoms with van der Waals surface area (Å²) in [6.45, 7) is 1.89. The highest BCUT2D eigenvalue weighted by molar-refractivity contribution is 5.78. The molecule has 0 unspecified atom stereocenters. The van der Waals surface area contributed by atoms with Crippen molar-refractivity contribution in [2.24, 2.45) is 7.05 Å². The molecule has 0 aliphatic rings. The third-order valence-corrected chi connectivity index (χ3v) is 2.28. The molecule has 0 atom stereocenters. The minimum atomic E-state index is -1.32. The lowest BCUT2D eigenvalue weighted by Gasteiger charge is -1.99. The maximum atomic E-state index is 10.3. The van der Waals surface area contributed by atoms with Gasteiger partial charge in [-0.2, -0.15) is 0 Å². The van der Waals surface area contributed by atoms with E-state index in [0.717, 1.165) is 16.9 Å². The summed E-state index contributed by atoms with van der Waals surface area (Å²) in [6.07, 6.45) is -1.32. The minimum Gasteiger partial charge on any atom is -0.449 e.